The van der Waals surface area contributed by atoms with E-state index in [4.69, 9.17) is 74.6 Å². The smallest absolute Gasteiger partial charge is 0.247 e. The van der Waals surface area contributed by atoms with Gasteiger partial charge in [0.2, 0.25) is 7.59 Å². The van der Waals surface area contributed by atoms with Crippen LogP contribution < -0.4 is 10.6 Å². The number of nitrogens with one attached hydrogen (secondary N) is 2. The van der Waals surface area contributed by atoms with E-state index in [9.17, 15) is 0 Å². The summed E-state index contributed by atoms with van der Waals surface area (Å²) in [5.41, 5.74) is 0.852. The number of nitrogens with zero attached hydrogens (tertiary/aromatic N) is 1. The minimum atomic E-state index is -1.83. The van der Waals surface area contributed by atoms with Crippen LogP contribution in [-0.4, -0.2) is 28.9 Å². The number of thioether (sulfide) groups is 2. The van der Waals surface area contributed by atoms with Gasteiger partial charge in [-0.1, -0.05) is 128 Å². The number of rotatable bonds is 5. The molecule has 28 heavy (non-hydrogen) atoms. The van der Waals surface area contributed by atoms with Gasteiger partial charge in [0.15, 0.2) is 15.8 Å². The second-order valence-corrected chi connectivity index (χ2v) is 14.9. The maximum Gasteiger partial charge on any atom is 0.247 e. The lowest BCUT2D eigenvalue weighted by molar-refractivity contribution is 0.333. The van der Waals surface area contributed by atoms with Gasteiger partial charge >= 0.3 is 0 Å². The molecule has 1 aromatic carbocycles. The van der Waals surface area contributed by atoms with Gasteiger partial charge in [-0.2, -0.15) is 0 Å². The fourth-order valence-electron chi connectivity index (χ4n) is 2.67. The van der Waals surface area contributed by atoms with Gasteiger partial charge in [-0.3, -0.25) is 0 Å². The van der Waals surface area contributed by atoms with Gasteiger partial charge in [0.1, 0.15) is 0 Å². The van der Waals surface area contributed by atoms with Crippen LogP contribution in [0.15, 0.2) is 35.3 Å². The summed E-state index contributed by atoms with van der Waals surface area (Å²) < 4.78 is -3.63. The highest BCUT2D eigenvalue weighted by atomic mass is 35.6. The Morgan fingerprint density at radius 1 is 0.893 bits per heavy atom. The zero-order chi connectivity index (χ0) is 21.4. The van der Waals surface area contributed by atoms with E-state index < -0.39 is 17.6 Å². The Morgan fingerprint density at radius 3 is 1.86 bits per heavy atom. The molecule has 0 aliphatic carbocycles. The van der Waals surface area contributed by atoms with Crippen molar-refractivity contribution < 1.29 is 0 Å². The minimum Gasteiger partial charge on any atom is -0.340 e. The van der Waals surface area contributed by atoms with Crippen molar-refractivity contribution in [1.82, 2.24) is 10.6 Å². The average molecular weight is 544 g/mol. The maximum absolute atomic E-state index is 6.47. The van der Waals surface area contributed by atoms with E-state index in [2.05, 4.69) is 24.5 Å². The first-order chi connectivity index (χ1) is 12.7. The van der Waals surface area contributed by atoms with Crippen molar-refractivity contribution in [3.05, 3.63) is 35.9 Å². The molecular formula is C17H21Cl6N3S2. The molecule has 1 aliphatic heterocycles. The Hall–Kier alpha value is 1.09. The van der Waals surface area contributed by atoms with E-state index in [-0.39, 0.29) is 16.3 Å². The van der Waals surface area contributed by atoms with Gasteiger partial charge in [0.05, 0.1) is 0 Å². The number of alkyl halides is 6. The first-order valence-electron chi connectivity index (χ1n) is 8.43. The normalized spacial score (nSPS) is 26.4. The molecule has 2 rings (SSSR count). The summed E-state index contributed by atoms with van der Waals surface area (Å²) in [5, 5.41) is 6.79. The first-order valence-corrected chi connectivity index (χ1v) is 12.5. The summed E-state index contributed by atoms with van der Waals surface area (Å²) in [6.45, 7) is 8.09. The number of aliphatic imine (C=N–C) groups is 1. The van der Waals surface area contributed by atoms with Crippen LogP contribution in [0.1, 0.15) is 33.3 Å². The van der Waals surface area contributed by atoms with Crippen molar-refractivity contribution in [1.29, 1.82) is 0 Å². The van der Waals surface area contributed by atoms with Crippen LogP contribution in [0.4, 0.5) is 0 Å². The molecule has 0 amide bonds. The largest absolute Gasteiger partial charge is 0.340 e. The third kappa shape index (κ3) is 5.86. The van der Waals surface area contributed by atoms with Gasteiger partial charge < -0.3 is 5.32 Å². The lowest BCUT2D eigenvalue weighted by Crippen LogP contribution is -2.73. The van der Waals surface area contributed by atoms with E-state index in [1.807, 2.05) is 44.2 Å². The Labute approximate surface area is 205 Å². The van der Waals surface area contributed by atoms with Crippen molar-refractivity contribution >= 4 is 99.0 Å². The van der Waals surface area contributed by atoms with Crippen LogP contribution >= 0.6 is 93.1 Å². The number of hydrogen-bond donors (Lipinski definition) is 2. The number of benzene rings is 1. The van der Waals surface area contributed by atoms with E-state index in [0.717, 1.165) is 5.56 Å². The molecule has 2 atom stereocenters. The molecule has 1 aromatic rings. The standard InChI is InChI=1S/C17H21Cl6N3S2/c1-10(2)27-15(12-8-6-5-7-9-12)24-13(14(18,19)20)25-17(26-15,16(21,22)23)28-11(3)4/h5-11,26H,1-4H3,(H,24,25). The molecule has 0 radical (unpaired) electrons. The Kier molecular flexibility index (Phi) is 8.42. The third-order valence-corrected chi connectivity index (χ3v) is 7.86. The number of amidine groups is 1. The highest BCUT2D eigenvalue weighted by Gasteiger charge is 2.59. The van der Waals surface area contributed by atoms with Crippen molar-refractivity contribution in [2.24, 2.45) is 4.99 Å². The summed E-state index contributed by atoms with van der Waals surface area (Å²) in [5.74, 6) is 0.104. The van der Waals surface area contributed by atoms with Crippen LogP contribution in [0.5, 0.6) is 0 Å². The molecule has 0 spiro atoms. The molecule has 1 aliphatic rings. The van der Waals surface area contributed by atoms with Crippen LogP contribution in [0.3, 0.4) is 0 Å². The number of hydrogen-bond acceptors (Lipinski definition) is 5. The molecule has 0 saturated carbocycles. The quantitative estimate of drug-likeness (QED) is 0.389. The lowest BCUT2D eigenvalue weighted by atomic mass is 10.1. The molecule has 11 heteroatoms. The third-order valence-electron chi connectivity index (χ3n) is 3.56. The Morgan fingerprint density at radius 2 is 1.43 bits per heavy atom. The van der Waals surface area contributed by atoms with Crippen LogP contribution in [0, 0.1) is 0 Å². The van der Waals surface area contributed by atoms with Crippen molar-refractivity contribution in [3.8, 4) is 0 Å². The highest BCUT2D eigenvalue weighted by Crippen LogP contribution is 2.53. The van der Waals surface area contributed by atoms with Crippen LogP contribution in [0.25, 0.3) is 0 Å². The van der Waals surface area contributed by atoms with Crippen LogP contribution in [-0.2, 0) is 4.99 Å². The molecule has 158 valence electrons. The second-order valence-electron chi connectivity index (χ2n) is 6.73. The Balaban J connectivity index is 2.77. The van der Waals surface area contributed by atoms with Gasteiger partial charge in [-0.15, -0.1) is 23.5 Å². The van der Waals surface area contributed by atoms with Gasteiger partial charge in [-0.25, -0.2) is 10.3 Å². The highest BCUT2D eigenvalue weighted by molar-refractivity contribution is 8.02. The van der Waals surface area contributed by atoms with E-state index >= 15 is 0 Å². The summed E-state index contributed by atoms with van der Waals surface area (Å²) in [6, 6.07) is 9.63. The predicted molar refractivity (Wildman–Crippen MR) is 131 cm³/mol. The summed E-state index contributed by atoms with van der Waals surface area (Å²) in [6.07, 6.45) is 0. The van der Waals surface area contributed by atoms with E-state index in [1.54, 1.807) is 0 Å². The molecule has 0 aromatic heterocycles. The second kappa shape index (κ2) is 9.30. The average Bonchev–Trinajstić information content (AvgIpc) is 2.52. The zero-order valence-corrected chi connectivity index (χ0v) is 21.7. The maximum atomic E-state index is 6.47. The topological polar surface area (TPSA) is 36.4 Å². The number of halogens is 6. The van der Waals surface area contributed by atoms with Gasteiger partial charge in [-0.05, 0) is 0 Å². The first kappa shape index (κ1) is 25.4. The lowest BCUT2D eigenvalue weighted by Gasteiger charge is -2.51. The molecule has 2 unspecified atom stereocenters. The van der Waals surface area contributed by atoms with Gasteiger partial charge in [0.25, 0.3) is 0 Å². The van der Waals surface area contributed by atoms with Crippen molar-refractivity contribution in [2.75, 3.05) is 0 Å². The van der Waals surface area contributed by atoms with Crippen molar-refractivity contribution in [2.45, 2.75) is 55.8 Å². The molecule has 1 heterocycles. The summed E-state index contributed by atoms with van der Waals surface area (Å²) >= 11 is 41.1. The Bertz CT molecular complexity index is 705. The minimum absolute atomic E-state index is 0.0860. The zero-order valence-electron chi connectivity index (χ0n) is 15.6. The van der Waals surface area contributed by atoms with Crippen LogP contribution in [0.2, 0.25) is 0 Å². The van der Waals surface area contributed by atoms with Crippen molar-refractivity contribution in [3.63, 3.8) is 0 Å². The van der Waals surface area contributed by atoms with E-state index in [1.165, 1.54) is 23.5 Å². The molecule has 3 nitrogen and oxygen atoms in total. The van der Waals surface area contributed by atoms with E-state index in [0.29, 0.717) is 0 Å². The van der Waals surface area contributed by atoms with Gasteiger partial charge in [0, 0.05) is 16.1 Å². The molecule has 0 fully saturated rings. The SMILES string of the molecule is CC(C)SC1(c2ccccc2)N=C(C(Cl)(Cl)Cl)NC(SC(C)C)(C(Cl)(Cl)Cl)N1. The predicted octanol–water partition coefficient (Wildman–Crippen LogP) is 7.07. The fourth-order valence-corrected chi connectivity index (χ4v) is 6.20. The molecular weight excluding hydrogens is 523 g/mol. The molecule has 0 saturated heterocycles. The molecule has 2 N–H and O–H groups in total. The summed E-state index contributed by atoms with van der Waals surface area (Å²) in [4.78, 5) is 2.45. The monoisotopic (exact) mass is 541 g/mol. The molecule has 0 bridgehead atoms. The summed E-state index contributed by atoms with van der Waals surface area (Å²) in [7, 11) is 0. The fraction of sp³-hybridized carbons (Fsp3) is 0.588.